The van der Waals surface area contributed by atoms with E-state index in [1.807, 2.05) is 7.05 Å². The first kappa shape index (κ1) is 13.9. The Labute approximate surface area is 115 Å². The van der Waals surface area contributed by atoms with E-state index in [1.165, 1.54) is 5.56 Å². The molecule has 4 nitrogen and oxygen atoms in total. The minimum Gasteiger partial charge on any atom is -0.388 e. The number of benzene rings is 1. The van der Waals surface area contributed by atoms with Gasteiger partial charge in [0.1, 0.15) is 0 Å². The van der Waals surface area contributed by atoms with Crippen molar-refractivity contribution in [3.05, 3.63) is 36.0 Å². The molecule has 2 N–H and O–H groups in total. The quantitative estimate of drug-likeness (QED) is 0.851. The molecule has 1 aromatic rings. The minimum absolute atomic E-state index is 0.322. The van der Waals surface area contributed by atoms with Gasteiger partial charge in [0.05, 0.1) is 12.6 Å². The Hall–Kier alpha value is -1.52. The lowest BCUT2D eigenvalue weighted by atomic mass is 9.96. The number of methoxy groups -OCH3 is 1. The fourth-order valence-electron chi connectivity index (χ4n) is 2.43. The van der Waals surface area contributed by atoms with Gasteiger partial charge in [0.2, 0.25) is 0 Å². The lowest BCUT2D eigenvalue weighted by Crippen LogP contribution is -2.41. The van der Waals surface area contributed by atoms with Crippen LogP contribution in [0.5, 0.6) is 0 Å². The molecule has 1 aliphatic rings. The molecular formula is C15H23N3O. The molecule has 0 spiro atoms. The highest BCUT2D eigenvalue weighted by molar-refractivity contribution is 5.65. The summed E-state index contributed by atoms with van der Waals surface area (Å²) < 4.78 is 5.14. The highest BCUT2D eigenvalue weighted by atomic mass is 16.5. The van der Waals surface area contributed by atoms with Crippen molar-refractivity contribution in [2.45, 2.75) is 12.5 Å². The molecule has 4 heteroatoms. The van der Waals surface area contributed by atoms with Crippen molar-refractivity contribution < 1.29 is 4.74 Å². The predicted molar refractivity (Wildman–Crippen MR) is 80.7 cm³/mol. The van der Waals surface area contributed by atoms with Crippen molar-refractivity contribution >= 4 is 11.4 Å². The highest BCUT2D eigenvalue weighted by Gasteiger charge is 2.24. The van der Waals surface area contributed by atoms with Crippen molar-refractivity contribution in [3.8, 4) is 0 Å². The van der Waals surface area contributed by atoms with Crippen molar-refractivity contribution in [2.75, 3.05) is 45.0 Å². The zero-order valence-electron chi connectivity index (χ0n) is 12.0. The Balaban J connectivity index is 2.13. The Bertz CT molecular complexity index is 459. The summed E-state index contributed by atoms with van der Waals surface area (Å²) in [5.41, 5.74) is 4.67. The van der Waals surface area contributed by atoms with Gasteiger partial charge in [-0.15, -0.1) is 0 Å². The van der Waals surface area contributed by atoms with Crippen LogP contribution in [-0.4, -0.2) is 45.3 Å². The summed E-state index contributed by atoms with van der Waals surface area (Å²) in [5.74, 6) is 0. The largest absolute Gasteiger partial charge is 0.388 e. The van der Waals surface area contributed by atoms with Crippen LogP contribution >= 0.6 is 0 Å². The van der Waals surface area contributed by atoms with Crippen LogP contribution < -0.4 is 10.6 Å². The maximum atomic E-state index is 5.14. The van der Waals surface area contributed by atoms with E-state index in [0.29, 0.717) is 6.04 Å². The van der Waals surface area contributed by atoms with E-state index in [2.05, 4.69) is 47.4 Å². The van der Waals surface area contributed by atoms with Crippen molar-refractivity contribution in [1.82, 2.24) is 4.90 Å². The third-order valence-corrected chi connectivity index (χ3v) is 3.69. The summed E-state index contributed by atoms with van der Waals surface area (Å²) >= 11 is 0. The Morgan fingerprint density at radius 2 is 2.32 bits per heavy atom. The Morgan fingerprint density at radius 3 is 3.00 bits per heavy atom. The molecule has 1 aliphatic heterocycles. The molecule has 1 heterocycles. The normalized spacial score (nSPS) is 18.1. The van der Waals surface area contributed by atoms with Crippen LogP contribution in [0.15, 0.2) is 30.5 Å². The molecule has 0 bridgehead atoms. The van der Waals surface area contributed by atoms with E-state index in [1.54, 1.807) is 7.11 Å². The molecule has 0 saturated carbocycles. The van der Waals surface area contributed by atoms with Crippen molar-refractivity contribution in [1.29, 1.82) is 0 Å². The third-order valence-electron chi connectivity index (χ3n) is 3.69. The molecule has 1 aromatic carbocycles. The monoisotopic (exact) mass is 261 g/mol. The fourth-order valence-corrected chi connectivity index (χ4v) is 2.43. The zero-order chi connectivity index (χ0) is 13.8. The summed E-state index contributed by atoms with van der Waals surface area (Å²) in [6.07, 6.45) is 0.991. The number of nitrogens with one attached hydrogen (secondary N) is 2. The van der Waals surface area contributed by atoms with Crippen LogP contribution in [0.3, 0.4) is 0 Å². The molecule has 0 amide bonds. The molecule has 2 rings (SSSR count). The molecule has 19 heavy (non-hydrogen) atoms. The van der Waals surface area contributed by atoms with Gasteiger partial charge in [0, 0.05) is 37.8 Å². The van der Waals surface area contributed by atoms with E-state index in [0.717, 1.165) is 36.6 Å². The molecule has 0 aromatic heterocycles. The van der Waals surface area contributed by atoms with Crippen LogP contribution in [0.2, 0.25) is 0 Å². The summed E-state index contributed by atoms with van der Waals surface area (Å²) in [7, 11) is 5.78. The van der Waals surface area contributed by atoms with Crippen molar-refractivity contribution in [3.63, 3.8) is 0 Å². The second-order valence-corrected chi connectivity index (χ2v) is 4.97. The number of anilines is 2. The first-order valence-electron chi connectivity index (χ1n) is 6.61. The first-order chi connectivity index (χ1) is 9.15. The lowest BCUT2D eigenvalue weighted by Gasteiger charge is -2.35. The molecule has 1 unspecified atom stereocenters. The summed E-state index contributed by atoms with van der Waals surface area (Å²) in [6.45, 7) is 5.82. The van der Waals surface area contributed by atoms with Crippen LogP contribution in [0.4, 0.5) is 11.4 Å². The average molecular weight is 261 g/mol. The number of likely N-dealkylation sites (N-methyl/N-ethyl adjacent to an activating group) is 1. The van der Waals surface area contributed by atoms with Gasteiger partial charge >= 0.3 is 0 Å². The second kappa shape index (κ2) is 6.08. The number of ether oxygens (including phenoxy) is 1. The van der Waals surface area contributed by atoms with Gasteiger partial charge in [-0.05, 0) is 31.2 Å². The number of rotatable bonds is 5. The van der Waals surface area contributed by atoms with E-state index >= 15 is 0 Å². The second-order valence-electron chi connectivity index (χ2n) is 4.97. The lowest BCUT2D eigenvalue weighted by molar-refractivity contribution is 0.146. The molecule has 104 valence electrons. The minimum atomic E-state index is 0.322. The molecular weight excluding hydrogens is 238 g/mol. The topological polar surface area (TPSA) is 36.5 Å². The first-order valence-corrected chi connectivity index (χ1v) is 6.61. The molecule has 0 fully saturated rings. The summed E-state index contributed by atoms with van der Waals surface area (Å²) in [5, 5.41) is 6.58. The maximum Gasteiger partial charge on any atom is 0.0589 e. The van der Waals surface area contributed by atoms with E-state index in [-0.39, 0.29) is 0 Å². The van der Waals surface area contributed by atoms with Crippen LogP contribution in [-0.2, 0) is 11.2 Å². The van der Waals surface area contributed by atoms with Gasteiger partial charge in [-0.2, -0.15) is 0 Å². The maximum absolute atomic E-state index is 5.14. The number of hydrogen-bond acceptors (Lipinski definition) is 4. The standard InChI is InChI=1S/C15H23N3O/c1-11-15(18(3)7-8-19-4)9-12-5-6-13(16-2)10-14(12)17-11/h5-6,10,15-17H,1,7-9H2,2-4H3. The Morgan fingerprint density at radius 1 is 1.53 bits per heavy atom. The smallest absolute Gasteiger partial charge is 0.0589 e. The average Bonchev–Trinajstić information content (AvgIpc) is 2.43. The van der Waals surface area contributed by atoms with Gasteiger partial charge < -0.3 is 15.4 Å². The third kappa shape index (κ3) is 3.08. The van der Waals surface area contributed by atoms with Gasteiger partial charge in [-0.25, -0.2) is 0 Å². The van der Waals surface area contributed by atoms with Crippen molar-refractivity contribution in [2.24, 2.45) is 0 Å². The molecule has 0 aliphatic carbocycles. The van der Waals surface area contributed by atoms with Crippen LogP contribution in [0.1, 0.15) is 5.56 Å². The zero-order valence-corrected chi connectivity index (χ0v) is 12.0. The number of fused-ring (bicyclic) bond motifs is 1. The van der Waals surface area contributed by atoms with Gasteiger partial charge in [-0.3, -0.25) is 4.90 Å². The van der Waals surface area contributed by atoms with Crippen LogP contribution in [0.25, 0.3) is 0 Å². The van der Waals surface area contributed by atoms with E-state index in [9.17, 15) is 0 Å². The van der Waals surface area contributed by atoms with Gasteiger partial charge in [0.25, 0.3) is 0 Å². The van der Waals surface area contributed by atoms with Gasteiger partial charge in [-0.1, -0.05) is 12.6 Å². The molecule has 0 saturated heterocycles. The van der Waals surface area contributed by atoms with E-state index in [4.69, 9.17) is 4.74 Å². The number of hydrogen-bond donors (Lipinski definition) is 2. The predicted octanol–water partition coefficient (Wildman–Crippen LogP) is 2.16. The molecule has 0 radical (unpaired) electrons. The number of nitrogens with zero attached hydrogens (tertiary/aromatic N) is 1. The highest BCUT2D eigenvalue weighted by Crippen LogP contribution is 2.30. The fraction of sp³-hybridized carbons (Fsp3) is 0.467. The SMILES string of the molecule is C=C1Nc2cc(NC)ccc2CC1N(C)CCOC. The van der Waals surface area contributed by atoms with Crippen LogP contribution in [0, 0.1) is 0 Å². The van der Waals surface area contributed by atoms with Gasteiger partial charge in [0.15, 0.2) is 0 Å². The summed E-state index contributed by atoms with van der Waals surface area (Å²) in [6, 6.07) is 6.74. The molecule has 1 atom stereocenters. The van der Waals surface area contributed by atoms with E-state index < -0.39 is 0 Å². The summed E-state index contributed by atoms with van der Waals surface area (Å²) in [4.78, 5) is 2.29. The Kier molecular flexibility index (Phi) is 4.45.